The summed E-state index contributed by atoms with van der Waals surface area (Å²) in [7, 11) is 0. The van der Waals surface area contributed by atoms with E-state index < -0.39 is 11.8 Å². The Morgan fingerprint density at radius 2 is 2.24 bits per heavy atom. The second-order valence-electron chi connectivity index (χ2n) is 7.23. The van der Waals surface area contributed by atoms with Crippen molar-refractivity contribution in [3.8, 4) is 0 Å². The van der Waals surface area contributed by atoms with Crippen molar-refractivity contribution in [2.24, 2.45) is 5.92 Å². The Labute approximate surface area is 166 Å². The number of aliphatic hydroxyl groups excluding tert-OH is 1. The molecule has 4 heterocycles. The third-order valence-corrected chi connectivity index (χ3v) is 5.28. The number of imidazole rings is 2. The van der Waals surface area contributed by atoms with E-state index in [1.165, 1.54) is 6.33 Å². The molecule has 29 heavy (non-hydrogen) atoms. The Kier molecular flexibility index (Phi) is 5.60. The summed E-state index contributed by atoms with van der Waals surface area (Å²) in [4.78, 5) is 26.9. The van der Waals surface area contributed by atoms with Gasteiger partial charge in [0.05, 0.1) is 25.4 Å². The highest BCUT2D eigenvalue weighted by Gasteiger charge is 2.44. The first-order valence-electron chi connectivity index (χ1n) is 9.64. The largest absolute Gasteiger partial charge is 0.394 e. The molecule has 4 N–H and O–H groups in total. The monoisotopic (exact) mass is 403 g/mol. The molecule has 11 nitrogen and oxygen atoms in total. The summed E-state index contributed by atoms with van der Waals surface area (Å²) in [6.07, 6.45) is 7.54. The normalized spacial score (nSPS) is 24.5. The highest BCUT2D eigenvalue weighted by Crippen LogP contribution is 2.37. The standard InChI is InChI=1S/C18H25N7O4/c1-11-12(8-26)29-17(14(11)28-7-3-2-5-24-6-4-20-9-24)25-10-21-13-15(25)22-18(19)23-16(13)27/h4,6,9-12,14,17,26H,2-3,5,7-8H2,1H3,(H3,19,22,23,27)/t11-,12-,14-,17-/m1/s1. The van der Waals surface area contributed by atoms with Gasteiger partial charge >= 0.3 is 0 Å². The number of rotatable bonds is 8. The maximum atomic E-state index is 12.1. The van der Waals surface area contributed by atoms with Gasteiger partial charge in [0.25, 0.3) is 5.56 Å². The number of nitrogens with two attached hydrogens (primary N) is 1. The summed E-state index contributed by atoms with van der Waals surface area (Å²) in [5.74, 6) is -0.0404. The molecule has 0 saturated carbocycles. The lowest BCUT2D eigenvalue weighted by Crippen LogP contribution is -2.29. The van der Waals surface area contributed by atoms with E-state index in [1.807, 2.05) is 17.7 Å². The number of nitrogens with one attached hydrogen (secondary N) is 1. The molecule has 156 valence electrons. The Balaban J connectivity index is 1.48. The lowest BCUT2D eigenvalue weighted by atomic mass is 10.0. The van der Waals surface area contributed by atoms with Crippen molar-refractivity contribution in [2.75, 3.05) is 18.9 Å². The van der Waals surface area contributed by atoms with Crippen LogP contribution in [0.15, 0.2) is 29.8 Å². The average molecular weight is 403 g/mol. The number of hydrogen-bond donors (Lipinski definition) is 3. The van der Waals surface area contributed by atoms with Gasteiger partial charge in [0.1, 0.15) is 6.10 Å². The summed E-state index contributed by atoms with van der Waals surface area (Å²) < 4.78 is 15.9. The zero-order chi connectivity index (χ0) is 20.4. The van der Waals surface area contributed by atoms with Crippen LogP contribution in [0.1, 0.15) is 26.0 Å². The van der Waals surface area contributed by atoms with Crippen LogP contribution < -0.4 is 11.3 Å². The second kappa shape index (κ2) is 8.31. The van der Waals surface area contributed by atoms with Crippen molar-refractivity contribution in [3.63, 3.8) is 0 Å². The number of ether oxygens (including phenoxy) is 2. The smallest absolute Gasteiger partial charge is 0.280 e. The summed E-state index contributed by atoms with van der Waals surface area (Å²) in [6, 6.07) is 0. The molecule has 0 bridgehead atoms. The molecule has 1 aliphatic rings. The molecule has 1 fully saturated rings. The molecule has 11 heteroatoms. The van der Waals surface area contributed by atoms with Crippen LogP contribution in [-0.2, 0) is 16.0 Å². The summed E-state index contributed by atoms with van der Waals surface area (Å²) in [5, 5.41) is 9.68. The van der Waals surface area contributed by atoms with Gasteiger partial charge in [-0.3, -0.25) is 14.3 Å². The number of hydrogen-bond acceptors (Lipinski definition) is 8. The van der Waals surface area contributed by atoms with Crippen molar-refractivity contribution in [3.05, 3.63) is 35.4 Å². The summed E-state index contributed by atoms with van der Waals surface area (Å²) >= 11 is 0. The van der Waals surface area contributed by atoms with Gasteiger partial charge < -0.3 is 24.9 Å². The molecule has 0 aliphatic carbocycles. The number of fused-ring (bicyclic) bond motifs is 1. The van der Waals surface area contributed by atoms with Crippen LogP contribution in [0.4, 0.5) is 5.95 Å². The van der Waals surface area contributed by atoms with Crippen LogP contribution in [0.2, 0.25) is 0 Å². The van der Waals surface area contributed by atoms with E-state index in [9.17, 15) is 9.90 Å². The highest BCUT2D eigenvalue weighted by molar-refractivity contribution is 5.70. The quantitative estimate of drug-likeness (QED) is 0.455. The molecule has 3 aromatic heterocycles. The fourth-order valence-corrected chi connectivity index (χ4v) is 3.68. The summed E-state index contributed by atoms with van der Waals surface area (Å²) in [5.41, 5.74) is 5.80. The van der Waals surface area contributed by atoms with E-state index >= 15 is 0 Å². The number of aromatic nitrogens is 6. The number of nitrogens with zero attached hydrogens (tertiary/aromatic N) is 5. The van der Waals surface area contributed by atoms with Crippen molar-refractivity contribution in [1.29, 1.82) is 0 Å². The molecule has 4 atom stereocenters. The van der Waals surface area contributed by atoms with Crippen LogP contribution in [0.5, 0.6) is 0 Å². The van der Waals surface area contributed by atoms with Crippen molar-refractivity contribution in [2.45, 2.75) is 44.7 Å². The molecule has 0 amide bonds. The topological polar surface area (TPSA) is 146 Å². The van der Waals surface area contributed by atoms with Gasteiger partial charge in [-0.05, 0) is 12.8 Å². The second-order valence-corrected chi connectivity index (χ2v) is 7.23. The van der Waals surface area contributed by atoms with Gasteiger partial charge in [0.15, 0.2) is 17.4 Å². The predicted octanol–water partition coefficient (Wildman–Crippen LogP) is 0.290. The molecule has 1 saturated heterocycles. The number of nitrogen functional groups attached to an aromatic ring is 1. The molecule has 4 rings (SSSR count). The van der Waals surface area contributed by atoms with Crippen LogP contribution in [0.3, 0.4) is 0 Å². The van der Waals surface area contributed by atoms with Crippen molar-refractivity contribution < 1.29 is 14.6 Å². The van der Waals surface area contributed by atoms with Gasteiger partial charge in [-0.25, -0.2) is 9.97 Å². The third kappa shape index (κ3) is 3.88. The Hall–Kier alpha value is -2.76. The van der Waals surface area contributed by atoms with Crippen molar-refractivity contribution >= 4 is 17.1 Å². The highest BCUT2D eigenvalue weighted by atomic mass is 16.6. The Morgan fingerprint density at radius 3 is 3.00 bits per heavy atom. The first-order chi connectivity index (χ1) is 14.1. The van der Waals surface area contributed by atoms with E-state index in [2.05, 4.69) is 19.9 Å². The SMILES string of the molecule is C[C@H]1[C@@H](OCCCCn2ccnc2)[C@H](n2cnc3c(=O)[nH]c(N)nc32)O[C@@H]1CO. The zero-order valence-corrected chi connectivity index (χ0v) is 16.1. The number of unbranched alkanes of at least 4 members (excludes halogenated alkanes) is 1. The van der Waals surface area contributed by atoms with Gasteiger partial charge in [-0.1, -0.05) is 6.92 Å². The van der Waals surface area contributed by atoms with E-state index in [4.69, 9.17) is 15.2 Å². The van der Waals surface area contributed by atoms with E-state index in [-0.39, 0.29) is 36.2 Å². The van der Waals surface area contributed by atoms with Crippen molar-refractivity contribution in [1.82, 2.24) is 29.1 Å². The first-order valence-corrected chi connectivity index (χ1v) is 9.64. The van der Waals surface area contributed by atoms with Gasteiger partial charge in [-0.2, -0.15) is 4.98 Å². The zero-order valence-electron chi connectivity index (χ0n) is 16.1. The van der Waals surface area contributed by atoms with Crippen LogP contribution in [0.25, 0.3) is 11.2 Å². The lowest BCUT2D eigenvalue weighted by molar-refractivity contribution is -0.0696. The van der Waals surface area contributed by atoms with Crippen LogP contribution in [-0.4, -0.2) is 59.6 Å². The van der Waals surface area contributed by atoms with Crippen LogP contribution >= 0.6 is 0 Å². The fraction of sp³-hybridized carbons (Fsp3) is 0.556. The molecule has 3 aromatic rings. The fourth-order valence-electron chi connectivity index (χ4n) is 3.68. The predicted molar refractivity (Wildman–Crippen MR) is 104 cm³/mol. The number of aryl methyl sites for hydroxylation is 1. The number of aromatic amines is 1. The third-order valence-electron chi connectivity index (χ3n) is 5.28. The molecular weight excluding hydrogens is 378 g/mol. The molecule has 1 aliphatic heterocycles. The molecule has 0 unspecified atom stereocenters. The summed E-state index contributed by atoms with van der Waals surface area (Å²) in [6.45, 7) is 3.27. The minimum Gasteiger partial charge on any atom is -0.394 e. The maximum absolute atomic E-state index is 12.1. The van der Waals surface area contributed by atoms with E-state index in [0.717, 1.165) is 19.4 Å². The van der Waals surface area contributed by atoms with Gasteiger partial charge in [-0.15, -0.1) is 0 Å². The van der Waals surface area contributed by atoms with Crippen LogP contribution in [0, 0.1) is 5.92 Å². The van der Waals surface area contributed by atoms with E-state index in [0.29, 0.717) is 12.3 Å². The minimum atomic E-state index is -0.561. The number of anilines is 1. The first kappa shape index (κ1) is 19.6. The maximum Gasteiger partial charge on any atom is 0.280 e. The molecule has 0 spiro atoms. The van der Waals surface area contributed by atoms with E-state index in [1.54, 1.807) is 17.1 Å². The molecule has 0 radical (unpaired) electrons. The minimum absolute atomic E-state index is 0.00553. The Bertz CT molecular complexity index is 999. The number of aliphatic hydroxyl groups is 1. The average Bonchev–Trinajstić information content (AvgIpc) is 3.41. The van der Waals surface area contributed by atoms with Gasteiger partial charge in [0, 0.05) is 31.5 Å². The number of H-pyrrole nitrogens is 1. The lowest BCUT2D eigenvalue weighted by Gasteiger charge is -2.23. The molecule has 0 aromatic carbocycles. The Morgan fingerprint density at radius 1 is 1.38 bits per heavy atom. The molecular formula is C18H25N7O4. The van der Waals surface area contributed by atoms with Gasteiger partial charge in [0.2, 0.25) is 5.95 Å².